The summed E-state index contributed by atoms with van der Waals surface area (Å²) in [4.78, 5) is 13.9. The van der Waals surface area contributed by atoms with Crippen molar-refractivity contribution in [1.82, 2.24) is 0 Å². The summed E-state index contributed by atoms with van der Waals surface area (Å²) in [5, 5.41) is 0. The molecule has 3 nitrogen and oxygen atoms in total. The molecule has 34 valence electrons. The summed E-state index contributed by atoms with van der Waals surface area (Å²) in [5.41, 5.74) is 0. The third kappa shape index (κ3) is 39.5. The second-order valence-electron chi connectivity index (χ2n) is 0.473. The maximum atomic E-state index is 10.4. The maximum Gasteiger partial charge on any atom is 1.00 e. The molecule has 2 N–H and O–H groups in total. The first-order chi connectivity index (χ1) is 2.00. The molecule has 0 aromatic heterocycles. The van der Waals surface area contributed by atoms with Crippen molar-refractivity contribution in [3.8, 4) is 0 Å². The van der Waals surface area contributed by atoms with Crippen molar-refractivity contribution in [3.63, 3.8) is 0 Å². The van der Waals surface area contributed by atoms with Crippen LogP contribution in [0.25, 0.3) is 0 Å². The van der Waals surface area contributed by atoms with E-state index in [1.54, 1.807) is 0 Å². The van der Waals surface area contributed by atoms with Gasteiger partial charge in [0.2, 0.25) is 0 Å². The topological polar surface area (TPSA) is 57.5 Å². The summed E-state index contributed by atoms with van der Waals surface area (Å²) >= 11 is 0. The van der Waals surface area contributed by atoms with Crippen LogP contribution in [0.4, 0.5) is 4.20 Å². The van der Waals surface area contributed by atoms with Crippen LogP contribution < -0.4 is 58.2 Å². The Bertz CT molecular complexity index is 61.1. The molecule has 0 aromatic carbocycles. The van der Waals surface area contributed by atoms with Gasteiger partial charge in [-0.05, 0) is 0 Å². The van der Waals surface area contributed by atoms with E-state index in [0.717, 1.165) is 0 Å². The van der Waals surface area contributed by atoms with Crippen molar-refractivity contribution < 1.29 is 78.2 Å². The monoisotopic (exact) mass is 186 g/mol. The quantitative estimate of drug-likeness (QED) is 0.401. The van der Waals surface area contributed by atoms with Gasteiger partial charge < -0.3 is 1.43 Å². The van der Waals surface area contributed by atoms with Crippen LogP contribution in [-0.4, -0.2) is 9.79 Å². The fraction of sp³-hybridized carbons (Fsp3) is 0. The van der Waals surface area contributed by atoms with Gasteiger partial charge in [0, 0.05) is 0 Å². The second-order valence-corrected chi connectivity index (χ2v) is 1.42. The summed E-state index contributed by atoms with van der Waals surface area (Å²) in [7, 11) is -5.14. The minimum absolute atomic E-state index is 0. The Hall–Kier alpha value is 1.89. The van der Waals surface area contributed by atoms with E-state index < -0.39 is 7.91 Å². The summed E-state index contributed by atoms with van der Waals surface area (Å²) in [6, 6.07) is 0. The molecule has 0 unspecified atom stereocenters. The van der Waals surface area contributed by atoms with Crippen LogP contribution in [0.1, 0.15) is 1.43 Å². The van der Waals surface area contributed by atoms with Gasteiger partial charge in [-0.25, -0.2) is 4.57 Å². The molecule has 6 heavy (non-hydrogen) atoms. The predicted molar refractivity (Wildman–Crippen MR) is 14.3 cm³/mol. The van der Waals surface area contributed by atoms with Gasteiger partial charge in [-0.15, -0.1) is 4.20 Å². The van der Waals surface area contributed by atoms with Gasteiger partial charge in [0.1, 0.15) is 0 Å². The van der Waals surface area contributed by atoms with E-state index in [2.05, 4.69) is 0 Å². The SMILES string of the molecule is O=P(O)(O)F.[H-].[Rb+]. The average molecular weight is 186 g/mol. The third-order valence-electron chi connectivity index (χ3n) is 0. The van der Waals surface area contributed by atoms with Gasteiger partial charge >= 0.3 is 66.1 Å². The van der Waals surface area contributed by atoms with Crippen LogP contribution >= 0.6 is 7.91 Å². The van der Waals surface area contributed by atoms with Gasteiger partial charge in [-0.3, -0.25) is 9.79 Å². The minimum Gasteiger partial charge on any atom is -1.00 e. The molecular formula is H3FO3PRb. The van der Waals surface area contributed by atoms with E-state index in [0.29, 0.717) is 0 Å². The molecule has 0 radical (unpaired) electrons. The van der Waals surface area contributed by atoms with Crippen LogP contribution in [-0.2, 0) is 4.57 Å². The molecule has 0 heterocycles. The third-order valence-corrected chi connectivity index (χ3v) is 0. The van der Waals surface area contributed by atoms with Crippen molar-refractivity contribution in [1.29, 1.82) is 0 Å². The zero-order valence-electron chi connectivity index (χ0n) is 4.13. The van der Waals surface area contributed by atoms with Crippen molar-refractivity contribution >= 4 is 7.91 Å². The smallest absolute Gasteiger partial charge is 1.00 e. The Labute approximate surface area is 84.5 Å². The van der Waals surface area contributed by atoms with Crippen LogP contribution in [0, 0.1) is 0 Å². The Morgan fingerprint density at radius 2 is 1.67 bits per heavy atom. The zero-order valence-corrected chi connectivity index (χ0v) is 8.94. The normalized spacial score (nSPS) is 9.83. The van der Waals surface area contributed by atoms with E-state index in [1.807, 2.05) is 0 Å². The largest absolute Gasteiger partial charge is 1.00 e. The van der Waals surface area contributed by atoms with E-state index >= 15 is 0 Å². The van der Waals surface area contributed by atoms with Crippen molar-refractivity contribution in [2.45, 2.75) is 0 Å². The molecule has 0 aromatic rings. The second kappa shape index (κ2) is 3.84. The van der Waals surface area contributed by atoms with E-state index in [-0.39, 0.29) is 59.6 Å². The van der Waals surface area contributed by atoms with Crippen molar-refractivity contribution in [2.24, 2.45) is 0 Å². The van der Waals surface area contributed by atoms with Crippen LogP contribution in [0.5, 0.6) is 0 Å². The van der Waals surface area contributed by atoms with Gasteiger partial charge in [-0.2, -0.15) is 0 Å². The number of hydrogen-bond donors (Lipinski definition) is 2. The molecule has 0 saturated heterocycles. The maximum absolute atomic E-state index is 10.4. The molecule has 0 spiro atoms. The summed E-state index contributed by atoms with van der Waals surface area (Å²) in [5.74, 6) is 0. The molecule has 6 heteroatoms. The van der Waals surface area contributed by atoms with E-state index in [4.69, 9.17) is 14.4 Å². The Balaban J connectivity index is -0.0000000800. The van der Waals surface area contributed by atoms with Crippen molar-refractivity contribution in [3.05, 3.63) is 0 Å². The molecule has 0 amide bonds. The Kier molecular flexibility index (Phi) is 6.90. The van der Waals surface area contributed by atoms with Gasteiger partial charge in [0.25, 0.3) is 0 Å². The molecular weight excluding hydrogens is 183 g/mol. The Morgan fingerprint density at radius 1 is 1.67 bits per heavy atom. The zero-order chi connectivity index (χ0) is 4.50. The van der Waals surface area contributed by atoms with Crippen LogP contribution in [0.2, 0.25) is 0 Å². The first kappa shape index (κ1) is 10.8. The molecule has 0 bridgehead atoms. The average Bonchev–Trinajstić information content (AvgIpc) is 0.722. The first-order valence-electron chi connectivity index (χ1n) is 0.752. The van der Waals surface area contributed by atoms with Gasteiger partial charge in [-0.1, -0.05) is 0 Å². The molecule has 0 saturated carbocycles. The minimum atomic E-state index is -5.14. The number of hydrogen-bond acceptors (Lipinski definition) is 1. The molecule has 0 aliphatic rings. The fourth-order valence-corrected chi connectivity index (χ4v) is 0. The predicted octanol–water partition coefficient (Wildman–Crippen LogP) is -2.83. The van der Waals surface area contributed by atoms with Gasteiger partial charge in [0.15, 0.2) is 0 Å². The first-order valence-corrected chi connectivity index (χ1v) is 2.25. The number of halogens is 1. The number of rotatable bonds is 0. The summed E-state index contributed by atoms with van der Waals surface area (Å²) < 4.78 is 19.0. The van der Waals surface area contributed by atoms with E-state index in [9.17, 15) is 4.20 Å². The molecule has 0 aliphatic carbocycles. The standard InChI is InChI=1S/FH2O3P.Rb.H/c1-5(2,3)4;;/h(H2,2,3,4);;/q;+1;-1. The molecule has 0 fully saturated rings. The van der Waals surface area contributed by atoms with Crippen molar-refractivity contribution in [2.75, 3.05) is 0 Å². The molecule has 0 atom stereocenters. The van der Waals surface area contributed by atoms with Crippen LogP contribution in [0.15, 0.2) is 0 Å². The Morgan fingerprint density at radius 3 is 1.67 bits per heavy atom. The molecule has 0 aliphatic heterocycles. The van der Waals surface area contributed by atoms with E-state index in [1.165, 1.54) is 0 Å². The summed E-state index contributed by atoms with van der Waals surface area (Å²) in [6.45, 7) is 0. The molecule has 0 rings (SSSR count). The fourth-order valence-electron chi connectivity index (χ4n) is 0. The summed E-state index contributed by atoms with van der Waals surface area (Å²) in [6.07, 6.45) is 0. The van der Waals surface area contributed by atoms with Crippen LogP contribution in [0.3, 0.4) is 0 Å². The van der Waals surface area contributed by atoms with Gasteiger partial charge in [0.05, 0.1) is 0 Å².